The van der Waals surface area contributed by atoms with Crippen LogP contribution >= 0.6 is 11.8 Å². The summed E-state index contributed by atoms with van der Waals surface area (Å²) < 4.78 is 5.27. The molecule has 0 aliphatic rings. The number of ketones is 1. The number of amides is 1. The molecule has 1 N–H and O–H groups in total. The van der Waals surface area contributed by atoms with Crippen LogP contribution in [0.4, 0.5) is 5.69 Å². The Morgan fingerprint density at radius 3 is 2.61 bits per heavy atom. The lowest BCUT2D eigenvalue weighted by Gasteiger charge is -2.11. The minimum Gasteiger partial charge on any atom is -0.496 e. The van der Waals surface area contributed by atoms with Crippen molar-refractivity contribution < 1.29 is 14.3 Å². The molecule has 0 aliphatic carbocycles. The zero-order valence-corrected chi connectivity index (χ0v) is 14.2. The summed E-state index contributed by atoms with van der Waals surface area (Å²) in [4.78, 5) is 24.9. The molecule has 0 aliphatic heterocycles. The maximum absolute atomic E-state index is 12.3. The van der Waals surface area contributed by atoms with E-state index >= 15 is 0 Å². The van der Waals surface area contributed by atoms with Crippen LogP contribution in [-0.2, 0) is 11.2 Å². The molecule has 0 unspecified atom stereocenters. The molecular weight excluding hydrogens is 310 g/mol. The Morgan fingerprint density at radius 1 is 1.17 bits per heavy atom. The maximum Gasteiger partial charge on any atom is 0.228 e. The van der Waals surface area contributed by atoms with Gasteiger partial charge in [0.25, 0.3) is 0 Å². The van der Waals surface area contributed by atoms with Crippen molar-refractivity contribution in [3.63, 3.8) is 0 Å². The Bertz CT molecular complexity index is 728. The van der Waals surface area contributed by atoms with E-state index in [0.717, 1.165) is 10.6 Å². The highest BCUT2D eigenvalue weighted by molar-refractivity contribution is 7.98. The number of Topliss-reactive ketones (excluding diaryl/α,β-unsaturated/α-hetero) is 1. The van der Waals surface area contributed by atoms with Gasteiger partial charge in [0.1, 0.15) is 5.75 Å². The molecule has 0 aromatic heterocycles. The predicted molar refractivity (Wildman–Crippen MR) is 93.6 cm³/mol. The third-order valence-corrected chi connectivity index (χ3v) is 4.12. The highest BCUT2D eigenvalue weighted by Crippen LogP contribution is 2.22. The van der Waals surface area contributed by atoms with E-state index in [1.165, 1.54) is 6.92 Å². The molecule has 0 saturated heterocycles. The van der Waals surface area contributed by atoms with Crippen molar-refractivity contribution in [2.75, 3.05) is 18.7 Å². The number of hydrogen-bond acceptors (Lipinski definition) is 4. The van der Waals surface area contributed by atoms with Gasteiger partial charge in [0, 0.05) is 21.7 Å². The van der Waals surface area contributed by atoms with Crippen molar-refractivity contribution in [2.24, 2.45) is 0 Å². The van der Waals surface area contributed by atoms with Gasteiger partial charge in [-0.3, -0.25) is 9.59 Å². The first-order valence-corrected chi connectivity index (χ1v) is 8.37. The number of carbonyl (C=O) groups excluding carboxylic acids is 2. The highest BCUT2D eigenvalue weighted by Gasteiger charge is 2.12. The molecule has 5 heteroatoms. The second-order valence-electron chi connectivity index (χ2n) is 5.04. The number of hydrogen-bond donors (Lipinski definition) is 1. The summed E-state index contributed by atoms with van der Waals surface area (Å²) in [6.45, 7) is 1.50. The van der Waals surface area contributed by atoms with Crippen molar-refractivity contribution in [1.82, 2.24) is 0 Å². The van der Waals surface area contributed by atoms with Crippen LogP contribution in [-0.4, -0.2) is 25.1 Å². The quantitative estimate of drug-likeness (QED) is 0.647. The Kier molecular flexibility index (Phi) is 5.82. The molecule has 0 radical (unpaired) electrons. The molecule has 0 atom stereocenters. The van der Waals surface area contributed by atoms with Gasteiger partial charge < -0.3 is 10.1 Å². The van der Waals surface area contributed by atoms with Crippen LogP contribution in [0.15, 0.2) is 47.4 Å². The fourth-order valence-electron chi connectivity index (χ4n) is 2.21. The topological polar surface area (TPSA) is 55.4 Å². The number of methoxy groups -OCH3 is 1. The molecule has 0 heterocycles. The van der Waals surface area contributed by atoms with Gasteiger partial charge in [-0.05, 0) is 49.6 Å². The smallest absolute Gasteiger partial charge is 0.228 e. The second-order valence-corrected chi connectivity index (χ2v) is 5.92. The second kappa shape index (κ2) is 7.83. The number of rotatable bonds is 6. The molecule has 0 bridgehead atoms. The monoisotopic (exact) mass is 329 g/mol. The molecule has 4 nitrogen and oxygen atoms in total. The average Bonchev–Trinajstić information content (AvgIpc) is 2.54. The highest BCUT2D eigenvalue weighted by atomic mass is 32.2. The maximum atomic E-state index is 12.3. The summed E-state index contributed by atoms with van der Waals surface area (Å²) in [5.41, 5.74) is 2.01. The number of anilines is 1. The van der Waals surface area contributed by atoms with Gasteiger partial charge in [0.15, 0.2) is 5.78 Å². The van der Waals surface area contributed by atoms with Crippen LogP contribution in [0.1, 0.15) is 22.8 Å². The van der Waals surface area contributed by atoms with Crippen molar-refractivity contribution in [3.05, 3.63) is 53.6 Å². The van der Waals surface area contributed by atoms with E-state index in [2.05, 4.69) is 5.32 Å². The van der Waals surface area contributed by atoms with Crippen molar-refractivity contribution in [2.45, 2.75) is 18.2 Å². The molecule has 1 amide bonds. The van der Waals surface area contributed by atoms with Gasteiger partial charge in [-0.2, -0.15) is 0 Å². The van der Waals surface area contributed by atoms with Gasteiger partial charge in [0.05, 0.1) is 13.5 Å². The number of carbonyl (C=O) groups is 2. The van der Waals surface area contributed by atoms with Gasteiger partial charge in [0.2, 0.25) is 5.91 Å². The summed E-state index contributed by atoms with van der Waals surface area (Å²) in [5.74, 6) is 0.409. The van der Waals surface area contributed by atoms with E-state index in [9.17, 15) is 9.59 Å². The van der Waals surface area contributed by atoms with E-state index in [1.54, 1.807) is 37.1 Å². The fourth-order valence-corrected chi connectivity index (χ4v) is 2.67. The standard InChI is InChI=1S/C18H19NO3S/c1-12(20)13-7-8-17(22-2)14(9-13)10-18(21)19-15-5-4-6-16(11-15)23-3/h4-9,11H,10H2,1-3H3,(H,19,21). The Hall–Kier alpha value is -2.27. The van der Waals surface area contributed by atoms with Gasteiger partial charge >= 0.3 is 0 Å². The van der Waals surface area contributed by atoms with Crippen LogP contribution in [0.5, 0.6) is 5.75 Å². The van der Waals surface area contributed by atoms with Crippen LogP contribution in [0.3, 0.4) is 0 Å². The Balaban J connectivity index is 2.15. The molecule has 0 spiro atoms. The van der Waals surface area contributed by atoms with Crippen LogP contribution in [0.2, 0.25) is 0 Å². The molecule has 2 aromatic carbocycles. The lowest BCUT2D eigenvalue weighted by atomic mass is 10.0. The van der Waals surface area contributed by atoms with E-state index < -0.39 is 0 Å². The Labute approximate surface area is 140 Å². The molecule has 0 fully saturated rings. The minimum absolute atomic E-state index is 0.0398. The van der Waals surface area contributed by atoms with Gasteiger partial charge in [-0.25, -0.2) is 0 Å². The van der Waals surface area contributed by atoms with Gasteiger partial charge in [-0.1, -0.05) is 6.07 Å². The van der Waals surface area contributed by atoms with Crippen LogP contribution < -0.4 is 10.1 Å². The normalized spacial score (nSPS) is 10.2. The lowest BCUT2D eigenvalue weighted by molar-refractivity contribution is -0.115. The van der Waals surface area contributed by atoms with Crippen LogP contribution in [0, 0.1) is 0 Å². The number of ether oxygens (including phenoxy) is 1. The summed E-state index contributed by atoms with van der Waals surface area (Å²) in [5, 5.41) is 2.87. The number of thioether (sulfide) groups is 1. The zero-order valence-electron chi connectivity index (χ0n) is 13.4. The van der Waals surface area contributed by atoms with E-state index in [4.69, 9.17) is 4.74 Å². The van der Waals surface area contributed by atoms with E-state index in [-0.39, 0.29) is 18.1 Å². The average molecular weight is 329 g/mol. The first kappa shape index (κ1) is 17.1. The number of nitrogens with one attached hydrogen (secondary N) is 1. The molecule has 2 aromatic rings. The molecule has 2 rings (SSSR count). The fraction of sp³-hybridized carbons (Fsp3) is 0.222. The third kappa shape index (κ3) is 4.60. The Morgan fingerprint density at radius 2 is 1.96 bits per heavy atom. The zero-order chi connectivity index (χ0) is 16.8. The van der Waals surface area contributed by atoms with Gasteiger partial charge in [-0.15, -0.1) is 11.8 Å². The summed E-state index contributed by atoms with van der Waals surface area (Å²) in [7, 11) is 1.55. The minimum atomic E-state index is -0.151. The summed E-state index contributed by atoms with van der Waals surface area (Å²) in [6.07, 6.45) is 2.13. The van der Waals surface area contributed by atoms with Crippen molar-refractivity contribution in [3.8, 4) is 5.75 Å². The van der Waals surface area contributed by atoms with Crippen molar-refractivity contribution in [1.29, 1.82) is 0 Å². The third-order valence-electron chi connectivity index (χ3n) is 3.39. The first-order chi connectivity index (χ1) is 11.0. The lowest BCUT2D eigenvalue weighted by Crippen LogP contribution is -2.15. The SMILES string of the molecule is COc1ccc(C(C)=O)cc1CC(=O)Nc1cccc(SC)c1. The summed E-state index contributed by atoms with van der Waals surface area (Å²) in [6, 6.07) is 12.8. The predicted octanol–water partition coefficient (Wildman–Crippen LogP) is 3.80. The first-order valence-electron chi connectivity index (χ1n) is 7.15. The van der Waals surface area contributed by atoms with Crippen molar-refractivity contribution >= 4 is 29.1 Å². The van der Waals surface area contributed by atoms with E-state index in [1.807, 2.05) is 30.5 Å². The van der Waals surface area contributed by atoms with Crippen LogP contribution in [0.25, 0.3) is 0 Å². The molecule has 120 valence electrons. The summed E-state index contributed by atoms with van der Waals surface area (Å²) >= 11 is 1.62. The number of benzene rings is 2. The van der Waals surface area contributed by atoms with E-state index in [0.29, 0.717) is 16.9 Å². The molecule has 23 heavy (non-hydrogen) atoms. The largest absolute Gasteiger partial charge is 0.496 e. The molecule has 0 saturated carbocycles. The molecular formula is C18H19NO3S.